The van der Waals surface area contributed by atoms with Crippen LogP contribution in [0.15, 0.2) is 97.6 Å². The van der Waals surface area contributed by atoms with E-state index in [0.29, 0.717) is 19.3 Å². The summed E-state index contributed by atoms with van der Waals surface area (Å²) in [5, 5.41) is 26.2. The molecule has 5 atom stereocenters. The van der Waals surface area contributed by atoms with Gasteiger partial charge in [-0.1, -0.05) is 78.9 Å². The van der Waals surface area contributed by atoms with Crippen molar-refractivity contribution < 1.29 is 34.0 Å². The molecule has 3 aromatic rings. The zero-order chi connectivity index (χ0) is 38.5. The van der Waals surface area contributed by atoms with Gasteiger partial charge in [0.1, 0.15) is 12.1 Å². The van der Waals surface area contributed by atoms with Crippen LogP contribution in [0, 0.1) is 11.8 Å². The van der Waals surface area contributed by atoms with Crippen LogP contribution < -0.4 is 4.90 Å². The number of carboxylic acids is 1. The summed E-state index contributed by atoms with van der Waals surface area (Å²) in [7, 11) is 2.31. The number of anilines is 1. The van der Waals surface area contributed by atoms with E-state index in [4.69, 9.17) is 9.84 Å². The van der Waals surface area contributed by atoms with E-state index in [2.05, 4.69) is 97.8 Å². The average molecular weight is 736 g/mol. The minimum Gasteiger partial charge on any atom is -0.481 e. The van der Waals surface area contributed by atoms with Crippen molar-refractivity contribution in [3.8, 4) is 0 Å². The minimum atomic E-state index is -1.31. The summed E-state index contributed by atoms with van der Waals surface area (Å²) in [6.45, 7) is 6.64. The maximum absolute atomic E-state index is 13.5. The molecule has 1 fully saturated rings. The molecule has 1 saturated heterocycles. The number of aliphatic carboxylic acids is 1. The zero-order valence-corrected chi connectivity index (χ0v) is 32.2. The molecule has 0 radical (unpaired) electrons. The lowest BCUT2D eigenvalue weighted by molar-refractivity contribution is -0.164. The van der Waals surface area contributed by atoms with Gasteiger partial charge in [-0.15, -0.1) is 6.58 Å². The molecular weight excluding hydrogens is 678 g/mol. The quantitative estimate of drug-likeness (QED) is 0.0489. The maximum Gasteiger partial charge on any atom is 0.311 e. The molecule has 3 aromatic carbocycles. The van der Waals surface area contributed by atoms with Gasteiger partial charge in [0.15, 0.2) is 6.29 Å². The second-order valence-corrected chi connectivity index (χ2v) is 13.7. The first-order valence-corrected chi connectivity index (χ1v) is 19.4. The molecule has 1 amide bonds. The standard InChI is InChI=1S/C38H47NO5S.C4H7F.CH4O/c1-4-5-6-7-10-33-35(31-22-18-27(19-23-31)9-8-11-34(37(41)42)38(43)44-2)39(36(33)40)32-24-20-29(21-25-32)13-12-28-14-16-30(17-15-28)26-45-3;1-3-4(2)5;1-2/h4-5,14-25,33-35,38,43H,6-13,26H2,1-3H3,(H,41,42);3-4H,1H2,2H3;2H,1H3/b5-4+;;/t33-,34?,35?,38?;;/m1../s1. The number of rotatable bonds is 19. The van der Waals surface area contributed by atoms with E-state index in [9.17, 15) is 24.2 Å². The maximum atomic E-state index is 13.5. The van der Waals surface area contributed by atoms with Gasteiger partial charge in [0, 0.05) is 25.7 Å². The van der Waals surface area contributed by atoms with Gasteiger partial charge in [-0.3, -0.25) is 9.59 Å². The molecule has 0 aromatic heterocycles. The van der Waals surface area contributed by atoms with Gasteiger partial charge in [0.2, 0.25) is 5.91 Å². The Labute approximate surface area is 314 Å². The van der Waals surface area contributed by atoms with E-state index in [1.54, 1.807) is 0 Å². The first-order chi connectivity index (χ1) is 25.1. The van der Waals surface area contributed by atoms with Crippen LogP contribution in [0.3, 0.4) is 0 Å². The van der Waals surface area contributed by atoms with Crippen molar-refractivity contribution in [1.29, 1.82) is 0 Å². The second-order valence-electron chi connectivity index (χ2n) is 12.8. The molecule has 3 N–H and O–H groups in total. The number of allylic oxidation sites excluding steroid dienone is 3. The first kappa shape index (κ1) is 44.4. The molecule has 0 bridgehead atoms. The van der Waals surface area contributed by atoms with Crippen LogP contribution >= 0.6 is 11.8 Å². The van der Waals surface area contributed by atoms with E-state index in [-0.39, 0.29) is 17.9 Å². The molecular formula is C43H58FNO6S. The summed E-state index contributed by atoms with van der Waals surface area (Å²) in [4.78, 5) is 26.9. The molecule has 0 saturated carbocycles. The highest BCUT2D eigenvalue weighted by atomic mass is 32.2. The zero-order valence-electron chi connectivity index (χ0n) is 31.4. The van der Waals surface area contributed by atoms with Crippen molar-refractivity contribution in [2.75, 3.05) is 25.4 Å². The van der Waals surface area contributed by atoms with E-state index < -0.39 is 24.3 Å². The summed E-state index contributed by atoms with van der Waals surface area (Å²) >= 11 is 1.83. The van der Waals surface area contributed by atoms with Gasteiger partial charge >= 0.3 is 5.97 Å². The van der Waals surface area contributed by atoms with Crippen LogP contribution in [0.2, 0.25) is 0 Å². The van der Waals surface area contributed by atoms with Crippen LogP contribution in [0.4, 0.5) is 10.1 Å². The number of hydrogen-bond acceptors (Lipinski definition) is 6. The minimum absolute atomic E-state index is 0.0176. The van der Waals surface area contributed by atoms with Crippen molar-refractivity contribution in [1.82, 2.24) is 0 Å². The predicted octanol–water partition coefficient (Wildman–Crippen LogP) is 8.91. The third kappa shape index (κ3) is 14.0. The van der Waals surface area contributed by atoms with Crippen molar-refractivity contribution in [3.63, 3.8) is 0 Å². The van der Waals surface area contributed by atoms with Crippen LogP contribution in [-0.2, 0) is 39.3 Å². The number of nitrogens with zero attached hydrogens (tertiary/aromatic N) is 1. The normalized spacial score (nSPS) is 16.8. The monoisotopic (exact) mass is 735 g/mol. The third-order valence-corrected chi connectivity index (χ3v) is 9.74. The number of benzene rings is 3. The Morgan fingerprint density at radius 2 is 1.46 bits per heavy atom. The molecule has 4 unspecified atom stereocenters. The highest BCUT2D eigenvalue weighted by molar-refractivity contribution is 7.97. The van der Waals surface area contributed by atoms with Gasteiger partial charge in [0.05, 0.1) is 12.0 Å². The van der Waals surface area contributed by atoms with Gasteiger partial charge in [-0.2, -0.15) is 11.8 Å². The lowest BCUT2D eigenvalue weighted by Crippen LogP contribution is -2.55. The van der Waals surface area contributed by atoms with E-state index in [1.807, 2.05) is 23.6 Å². The molecule has 1 aliphatic rings. The summed E-state index contributed by atoms with van der Waals surface area (Å²) in [5.41, 5.74) is 7.08. The number of amides is 1. The fourth-order valence-corrected chi connectivity index (χ4v) is 6.69. The summed E-state index contributed by atoms with van der Waals surface area (Å²) < 4.78 is 16.1. The highest BCUT2D eigenvalue weighted by Crippen LogP contribution is 2.46. The number of ether oxygens (including phenoxy) is 1. The largest absolute Gasteiger partial charge is 0.481 e. The SMILES string of the molecule is C/C=C/CCC[C@H]1C(=O)N(c2ccc(CCc3ccc(CSC)cc3)cc2)C1c1ccc(CCCC(C(=O)O)C(O)OC)cc1.C=CC(C)F.CO. The van der Waals surface area contributed by atoms with Crippen LogP contribution in [0.5, 0.6) is 0 Å². The molecule has 284 valence electrons. The number of methoxy groups -OCH3 is 1. The van der Waals surface area contributed by atoms with Gasteiger partial charge in [0.25, 0.3) is 0 Å². The van der Waals surface area contributed by atoms with Gasteiger partial charge < -0.3 is 25.0 Å². The first-order valence-electron chi connectivity index (χ1n) is 18.0. The molecule has 1 heterocycles. The second kappa shape index (κ2) is 24.5. The van der Waals surface area contributed by atoms with Crippen LogP contribution in [0.1, 0.15) is 79.8 Å². The number of alkyl halides is 1. The number of hydrogen-bond donors (Lipinski definition) is 3. The lowest BCUT2D eigenvalue weighted by atomic mass is 9.78. The number of unbranched alkanes of at least 4 members (excludes halogenated alkanes) is 1. The topological polar surface area (TPSA) is 107 Å². The number of thioether (sulfide) groups is 1. The summed E-state index contributed by atoms with van der Waals surface area (Å²) in [6.07, 6.45) is 11.8. The van der Waals surface area contributed by atoms with E-state index >= 15 is 0 Å². The van der Waals surface area contributed by atoms with Crippen molar-refractivity contribution in [3.05, 3.63) is 125 Å². The molecule has 4 rings (SSSR count). The molecule has 52 heavy (non-hydrogen) atoms. The third-order valence-electron chi connectivity index (χ3n) is 9.12. The van der Waals surface area contributed by atoms with E-state index in [1.165, 1.54) is 36.8 Å². The molecule has 1 aliphatic heterocycles. The summed E-state index contributed by atoms with van der Waals surface area (Å²) in [6, 6.07) is 25.7. The van der Waals surface area contributed by atoms with Crippen molar-refractivity contribution in [2.45, 2.75) is 89.5 Å². The molecule has 0 spiro atoms. The van der Waals surface area contributed by atoms with Gasteiger partial charge in [-0.05, 0) is 111 Å². The number of carbonyl (C=O) groups is 2. The van der Waals surface area contributed by atoms with Crippen LogP contribution in [-0.4, -0.2) is 60.1 Å². The smallest absolute Gasteiger partial charge is 0.311 e. The fraction of sp³-hybridized carbons (Fsp3) is 0.442. The number of carbonyl (C=O) groups excluding carboxylic acids is 1. The molecule has 9 heteroatoms. The van der Waals surface area contributed by atoms with Crippen molar-refractivity contribution >= 4 is 29.3 Å². The van der Waals surface area contributed by atoms with Crippen molar-refractivity contribution in [2.24, 2.45) is 11.8 Å². The number of aliphatic hydroxyl groups excluding tert-OH is 2. The highest BCUT2D eigenvalue weighted by Gasteiger charge is 2.48. The molecule has 0 aliphatic carbocycles. The Morgan fingerprint density at radius 1 is 0.942 bits per heavy atom. The Kier molecular flexibility index (Phi) is 20.9. The summed E-state index contributed by atoms with van der Waals surface area (Å²) in [5.74, 6) is -0.843. The molecule has 7 nitrogen and oxygen atoms in total. The Hall–Kier alpha value is -3.76. The number of carboxylic acid groups (broad SMARTS) is 1. The average Bonchev–Trinajstić information content (AvgIpc) is 3.16. The van der Waals surface area contributed by atoms with E-state index in [0.717, 1.165) is 61.8 Å². The number of aryl methyl sites for hydroxylation is 3. The van der Waals surface area contributed by atoms with Gasteiger partial charge in [-0.25, -0.2) is 4.39 Å². The number of β-lactam (4-membered cyclic amide) rings is 1. The van der Waals surface area contributed by atoms with Crippen LogP contribution in [0.25, 0.3) is 0 Å². The Bertz CT molecular complexity index is 1490. The Morgan fingerprint density at radius 3 is 1.96 bits per heavy atom. The predicted molar refractivity (Wildman–Crippen MR) is 212 cm³/mol. The fourth-order valence-electron chi connectivity index (χ4n) is 6.16. The number of halogens is 1. The number of aliphatic hydroxyl groups is 2. The Balaban J connectivity index is 0.00000123. The lowest BCUT2D eigenvalue weighted by Gasteiger charge is -2.48.